The lowest BCUT2D eigenvalue weighted by molar-refractivity contribution is -0.661. The van der Waals surface area contributed by atoms with Gasteiger partial charge < -0.3 is 17.7 Å². The van der Waals surface area contributed by atoms with Crippen LogP contribution in [0.4, 0.5) is 0 Å². The van der Waals surface area contributed by atoms with Gasteiger partial charge in [0.2, 0.25) is 22.8 Å². The second-order valence-electron chi connectivity index (χ2n) is 39.6. The molecule has 9 unspecified atom stereocenters. The van der Waals surface area contributed by atoms with Crippen molar-refractivity contribution in [2.75, 3.05) is 0 Å². The van der Waals surface area contributed by atoms with E-state index in [-0.39, 0.29) is 117 Å². The summed E-state index contributed by atoms with van der Waals surface area (Å²) in [6.45, 7) is -37.0. The fourth-order valence-electron chi connectivity index (χ4n) is 23.3. The quantitative estimate of drug-likeness (QED) is 0.102. The number of benzene rings is 12. The zero-order chi connectivity index (χ0) is 155. The average Bonchev–Trinajstić information content (AvgIpc) is 1.47. The summed E-state index contributed by atoms with van der Waals surface area (Å²) in [4.78, 5) is 0. The molecule has 0 fully saturated rings. The molecule has 12 aromatic carbocycles. The Kier molecular flexibility index (Phi) is 12.5. The van der Waals surface area contributed by atoms with Crippen molar-refractivity contribution in [3.05, 3.63) is 354 Å². The number of hydrogen-bond donors (Lipinski definition) is 0. The van der Waals surface area contributed by atoms with Crippen molar-refractivity contribution >= 4 is 87.8 Å². The molecule has 740 valence electrons. The highest BCUT2D eigenvalue weighted by Gasteiger charge is 2.51. The van der Waals surface area contributed by atoms with E-state index >= 15 is 0 Å². The molecule has 146 heavy (non-hydrogen) atoms. The van der Waals surface area contributed by atoms with Crippen LogP contribution < -0.4 is 18.3 Å². The topological polar surface area (TPSA) is 68.1 Å². The zero-order valence-electron chi connectivity index (χ0n) is 144. The highest BCUT2D eigenvalue weighted by molar-refractivity contribution is 6.18. The van der Waals surface area contributed by atoms with Gasteiger partial charge in [-0.05, 0) is 250 Å². The summed E-state index contributed by atoms with van der Waals surface area (Å²) in [6.07, 6.45) is -0.0842. The monoisotopic (exact) mass is 1990 g/mol. The summed E-state index contributed by atoms with van der Waals surface area (Å²) < 4.78 is 549. The molecule has 0 radical (unpaired) electrons. The smallest absolute Gasteiger partial charge is 0.216 e. The fraction of sp³-hybridized carbons (Fsp3) is 0.333. The van der Waals surface area contributed by atoms with Crippen LogP contribution in [0.3, 0.4) is 0 Å². The van der Waals surface area contributed by atoms with Crippen molar-refractivity contribution < 1.29 is 120 Å². The van der Waals surface area contributed by atoms with Crippen LogP contribution >= 0.6 is 0 Å². The molecule has 20 aromatic rings. The lowest BCUT2D eigenvalue weighted by Crippen LogP contribution is -2.37. The Labute approximate surface area is 951 Å². The molecule has 8 nitrogen and oxygen atoms in total. The van der Waals surface area contributed by atoms with Gasteiger partial charge >= 0.3 is 0 Å². The van der Waals surface area contributed by atoms with Crippen LogP contribution in [0, 0.1) is 78.7 Å². The van der Waals surface area contributed by atoms with Crippen molar-refractivity contribution in [2.24, 2.45) is 51.8 Å². The Bertz CT molecular complexity index is 11500. The molecule has 0 saturated heterocycles. The van der Waals surface area contributed by atoms with Gasteiger partial charge in [0.05, 0.1) is 22.3 Å². The normalized spacial score (nSPS) is 26.8. The molecule has 0 aliphatic heterocycles. The van der Waals surface area contributed by atoms with Gasteiger partial charge in [0.15, 0.2) is 24.8 Å². The number of furan rings is 4. The third kappa shape index (κ3) is 15.2. The van der Waals surface area contributed by atoms with Crippen LogP contribution in [0.15, 0.2) is 261 Å². The molecular weight excluding hydrogens is 1780 g/mol. The first-order valence-electron chi connectivity index (χ1n) is 78.4. The molecule has 8 heteroatoms. The Hall–Kier alpha value is -13.6. The molecular formula is C138H148N4O4+4. The summed E-state index contributed by atoms with van der Waals surface area (Å²) in [7, 11) is 6.46. The predicted octanol–water partition coefficient (Wildman–Crippen LogP) is 35.8. The largest absolute Gasteiger partial charge is 0.455 e. The first-order valence-corrected chi connectivity index (χ1v) is 47.9. The van der Waals surface area contributed by atoms with Crippen molar-refractivity contribution in [2.45, 2.75) is 251 Å². The van der Waals surface area contributed by atoms with Gasteiger partial charge in [0.25, 0.3) is 0 Å². The van der Waals surface area contributed by atoms with E-state index in [9.17, 15) is 8.22 Å². The van der Waals surface area contributed by atoms with Crippen molar-refractivity contribution in [1.82, 2.24) is 0 Å². The number of aryl methyl sites for hydroxylation is 12. The zero-order valence-corrected chi connectivity index (χ0v) is 83.2. The van der Waals surface area contributed by atoms with Gasteiger partial charge in [-0.1, -0.05) is 313 Å². The maximum atomic E-state index is 9.75. The van der Waals surface area contributed by atoms with E-state index in [1.807, 2.05) is 111 Å². The molecule has 0 spiro atoms. The summed E-state index contributed by atoms with van der Waals surface area (Å²) in [5, 5.41) is 4.57. The number of rotatable bonds is 14. The second kappa shape index (κ2) is 36.2. The van der Waals surface area contributed by atoms with E-state index in [1.54, 1.807) is 88.3 Å². The van der Waals surface area contributed by atoms with E-state index < -0.39 is 204 Å². The fourth-order valence-corrected chi connectivity index (χ4v) is 23.3. The minimum absolute atomic E-state index is 0.0331. The number of hydrogen-bond acceptors (Lipinski definition) is 4. The number of aromatic nitrogens is 4. The van der Waals surface area contributed by atoms with Crippen molar-refractivity contribution in [3.63, 3.8) is 0 Å². The van der Waals surface area contributed by atoms with Crippen molar-refractivity contribution in [1.29, 1.82) is 0 Å². The third-order valence-electron chi connectivity index (χ3n) is 30.2. The van der Waals surface area contributed by atoms with Crippen molar-refractivity contribution in [3.8, 4) is 89.5 Å². The minimum atomic E-state index is -4.09. The second-order valence-corrected chi connectivity index (χ2v) is 39.6. The molecule has 24 rings (SSSR count). The van der Waals surface area contributed by atoms with Crippen LogP contribution in [-0.2, 0) is 49.9 Å². The van der Waals surface area contributed by atoms with E-state index in [2.05, 4.69) is 0 Å². The van der Waals surface area contributed by atoms with Gasteiger partial charge in [0, 0.05) is 212 Å². The summed E-state index contributed by atoms with van der Waals surface area (Å²) in [6, 6.07) is 59.6. The van der Waals surface area contributed by atoms with E-state index in [1.165, 1.54) is 146 Å². The summed E-state index contributed by atoms with van der Waals surface area (Å²) in [5.74, 6) is -23.2. The molecule has 0 saturated carbocycles. The molecule has 0 N–H and O–H groups in total. The van der Waals surface area contributed by atoms with Crippen LogP contribution in [-0.4, -0.2) is 0 Å². The Balaban J connectivity index is 0.000000152. The van der Waals surface area contributed by atoms with Crippen LogP contribution in [0.25, 0.3) is 177 Å². The first-order chi connectivity index (χ1) is 93.8. The van der Waals surface area contributed by atoms with E-state index in [0.29, 0.717) is 105 Å². The summed E-state index contributed by atoms with van der Waals surface area (Å²) in [5.41, 5.74) is 3.40. The summed E-state index contributed by atoms with van der Waals surface area (Å²) >= 11 is 0. The van der Waals surface area contributed by atoms with Gasteiger partial charge in [-0.15, -0.1) is 0 Å². The van der Waals surface area contributed by atoms with Crippen LogP contribution in [0.5, 0.6) is 0 Å². The van der Waals surface area contributed by atoms with E-state index in [0.717, 1.165) is 81.3 Å². The standard InChI is InChI=1S/C38H44NO.C36H40NO.2C32H32NO/c1-22(2)19-38(20-23(3)4)31-13-11-10-12-29(31)35-32(38)17-16-28-27-15-14-25(7)34(36(27)40-37(28)35)33-18-26(8)30(24(5)6)21-39(33)9;1-20(2)28-19-37(9)31(18-24(28)8)32-23(7)14-15-25-26-16-17-30-33(35(26)38-34(25)32)27-12-10-11-13-29(27)36(30,21(3)4)22(5)6;1-18(2)25-17-33(7)28(14-20(25)4)30-19(3)12-13-22-24-15-27-23(16-29(24)34-31(22)30)21-10-8-9-11-26(21)32(27,5)6;1-18(2)25-17-33(7)27(16-20(25)4)28-19(3)12-13-23-24-15-14-22-21-10-8-9-11-26(21)32(5,6)29(22)31(24)34-30(23)28/h10-18,21-24H,19-20H2,1-9H3;10-22H,1-9H3;2*8-18H,1-7H3/q4*+1/i1D3,2D3,3D3,4D3,5D3,8D3,19D2,22D,23D,24D;1D3,3D3,4D3,5D3,8D3,20D,21D,22D;2*1D3,4D3,5D3,18D. The molecule has 9 atom stereocenters. The minimum Gasteiger partial charge on any atom is -0.455 e. The number of pyridine rings is 4. The molecule has 0 amide bonds. The van der Waals surface area contributed by atoms with Crippen LogP contribution in [0.2, 0.25) is 0 Å². The Morgan fingerprint density at radius 1 is 0.295 bits per heavy atom. The maximum absolute atomic E-state index is 9.75. The molecule has 0 bridgehead atoms. The Morgan fingerprint density at radius 3 is 1.08 bits per heavy atom. The number of fused-ring (bicyclic) bond motifs is 27. The van der Waals surface area contributed by atoms with E-state index in [4.69, 9.17) is 93.1 Å². The SMILES string of the molecule is [2H]C([2H])([2H])c1cc(-c2c(C)ccc3c2oc2c4c(ccc23)-c2ccccc2C4(C)C([2H])([2H])[2H])[n+](C)cc1C([2H])(C)C([2H])([2H])[2H].[2H]C([2H])([2H])c1cc(-c2c(C)ccc3c2oc2c4c(ccc23)C(C([2H])(C)C([2H])([2H])[2H])(C([2H])(C([2H])([2H])[2H])C([2H])([2H])[2H])c2ccccc2-4)[n+](C)cc1C([2H])(C)C([2H])([2H])[2H].[2H]C([2H])([2H])c1cc(-c2c(C)ccc3c2oc2c4c(ccc23)C(CC([2H])(C([2H])([2H])[2H])C([2H])([2H])[2H])(C([2H])([2H])C([2H])(C([2H])([2H])[2H])C([2H])([2H])[2H])c2ccccc2-4)[n+](C)cc1C([2H])(C)C([2H])([2H])[2H].[2H]C([2H])([2H])c1cc(-c2c(C)ccc3c2oc2cc4c(cc23)C(C)(C([2H])([2H])[2H])c2ccccc2-4)[n+](C)cc1C([2H])(C)C([2H])([2H])[2H]. The third-order valence-corrected chi connectivity index (χ3v) is 30.2. The maximum Gasteiger partial charge on any atom is 0.216 e. The molecule has 8 aromatic heterocycles. The Morgan fingerprint density at radius 2 is 0.651 bits per heavy atom. The highest BCUT2D eigenvalue weighted by Crippen LogP contribution is 2.63. The van der Waals surface area contributed by atoms with Gasteiger partial charge in [-0.25, -0.2) is 18.3 Å². The molecule has 4 aliphatic carbocycles. The predicted molar refractivity (Wildman–Crippen MR) is 612 cm³/mol. The number of nitrogens with zero attached hydrogens (tertiary/aromatic N) is 4. The van der Waals surface area contributed by atoms with Gasteiger partial charge in [-0.2, -0.15) is 0 Å². The van der Waals surface area contributed by atoms with Crippen LogP contribution in [0.1, 0.15) is 369 Å². The lowest BCUT2D eigenvalue weighted by Gasteiger charge is -2.40. The van der Waals surface area contributed by atoms with Gasteiger partial charge in [0.1, 0.15) is 72.9 Å². The lowest BCUT2D eigenvalue weighted by atomic mass is 9.63. The molecule has 4 aliphatic rings. The highest BCUT2D eigenvalue weighted by atomic mass is 16.3. The molecule has 8 heterocycles. The van der Waals surface area contributed by atoms with Gasteiger partial charge in [-0.3, -0.25) is 0 Å². The average molecular weight is 1990 g/mol. The first kappa shape index (κ1) is 50.2.